The number of ether oxygens (including phenoxy) is 1. The van der Waals surface area contributed by atoms with Gasteiger partial charge in [-0.15, -0.1) is 0 Å². The lowest BCUT2D eigenvalue weighted by Crippen LogP contribution is -2.36. The molecule has 5 rings (SSSR count). The van der Waals surface area contributed by atoms with Gasteiger partial charge in [0.1, 0.15) is 11.6 Å². The molecule has 1 saturated heterocycles. The van der Waals surface area contributed by atoms with Gasteiger partial charge in [0, 0.05) is 36.3 Å². The van der Waals surface area contributed by atoms with Crippen molar-refractivity contribution in [2.24, 2.45) is 5.92 Å². The second kappa shape index (κ2) is 10.00. The van der Waals surface area contributed by atoms with Crippen LogP contribution in [-0.4, -0.2) is 47.2 Å². The summed E-state index contributed by atoms with van der Waals surface area (Å²) in [5, 5.41) is 9.21. The summed E-state index contributed by atoms with van der Waals surface area (Å²) in [5.41, 5.74) is 0.900. The summed E-state index contributed by atoms with van der Waals surface area (Å²) in [6.07, 6.45) is 1.56. The Hall–Kier alpha value is -2.68. The monoisotopic (exact) mass is 506 g/mol. The Bertz CT molecular complexity index is 1120. The second-order valence-electron chi connectivity index (χ2n) is 10.3. The van der Waals surface area contributed by atoms with E-state index in [1.54, 1.807) is 0 Å². The van der Waals surface area contributed by atoms with E-state index in [1.807, 2.05) is 0 Å². The van der Waals surface area contributed by atoms with Crippen molar-refractivity contribution in [1.29, 1.82) is 0 Å². The quantitative estimate of drug-likeness (QED) is 0.421. The van der Waals surface area contributed by atoms with Crippen molar-refractivity contribution in [3.63, 3.8) is 0 Å². The summed E-state index contributed by atoms with van der Waals surface area (Å²) >= 11 is 0. The number of likely N-dealkylation sites (tertiary alicyclic amines) is 1. The molecule has 5 nitrogen and oxygen atoms in total. The highest BCUT2D eigenvalue weighted by atomic mass is 19.4. The highest BCUT2D eigenvalue weighted by Crippen LogP contribution is 2.45. The van der Waals surface area contributed by atoms with E-state index >= 15 is 0 Å². The van der Waals surface area contributed by atoms with Gasteiger partial charge in [0.25, 0.3) is 0 Å². The van der Waals surface area contributed by atoms with Crippen molar-refractivity contribution in [1.82, 2.24) is 9.88 Å². The van der Waals surface area contributed by atoms with Crippen LogP contribution in [0.1, 0.15) is 83.2 Å². The van der Waals surface area contributed by atoms with E-state index in [9.17, 15) is 27.5 Å². The molecule has 0 bridgehead atoms. The molecular weight excluding hydrogens is 476 g/mol. The lowest BCUT2D eigenvalue weighted by atomic mass is 9.97. The minimum atomic E-state index is -4.37. The molecule has 1 aliphatic heterocycles. The van der Waals surface area contributed by atoms with E-state index in [-0.39, 0.29) is 23.3 Å². The van der Waals surface area contributed by atoms with Gasteiger partial charge in [0.05, 0.1) is 17.7 Å². The summed E-state index contributed by atoms with van der Waals surface area (Å²) in [6, 6.07) is 4.98. The van der Waals surface area contributed by atoms with Crippen molar-refractivity contribution < 1.29 is 32.2 Å². The predicted molar refractivity (Wildman–Crippen MR) is 125 cm³/mol. The molecule has 36 heavy (non-hydrogen) atoms. The first kappa shape index (κ1) is 25.0. The molecule has 3 fully saturated rings. The number of pyridine rings is 1. The molecule has 2 heterocycles. The third kappa shape index (κ3) is 5.99. The Balaban J connectivity index is 1.13. The fourth-order valence-electron chi connectivity index (χ4n) is 4.92. The summed E-state index contributed by atoms with van der Waals surface area (Å²) in [4.78, 5) is 18.0. The van der Waals surface area contributed by atoms with Crippen molar-refractivity contribution >= 4 is 5.97 Å². The average Bonchev–Trinajstić information content (AvgIpc) is 3.74. The number of aromatic nitrogens is 1. The lowest BCUT2D eigenvalue weighted by molar-refractivity contribution is -0.137. The number of nitrogens with zero attached hydrogens (tertiary/aromatic N) is 2. The van der Waals surface area contributed by atoms with Gasteiger partial charge in [-0.25, -0.2) is 9.18 Å². The van der Waals surface area contributed by atoms with Crippen LogP contribution in [0.4, 0.5) is 17.6 Å². The molecule has 0 spiro atoms. The van der Waals surface area contributed by atoms with E-state index in [4.69, 9.17) is 4.74 Å². The molecule has 9 heteroatoms. The molecule has 0 radical (unpaired) electrons. The lowest BCUT2D eigenvalue weighted by Gasteiger charge is -2.32. The molecule has 0 amide bonds. The highest BCUT2D eigenvalue weighted by Gasteiger charge is 2.34. The van der Waals surface area contributed by atoms with Crippen LogP contribution in [0.3, 0.4) is 0 Å². The standard InChI is InChI=1S/C27H30F4N2O3/c28-23-14-25(21(17-1-2-17)13-22(23)26(34)35)36-15-16-5-8-33(9-6-16)10-7-20-11-19(27(29,30)31)12-24(32-20)18-3-4-18/h11-14,16-18H,1-10,15H2,(H,34,35). The summed E-state index contributed by atoms with van der Waals surface area (Å²) in [5.74, 6) is -0.961. The van der Waals surface area contributed by atoms with Gasteiger partial charge in [-0.2, -0.15) is 13.2 Å². The maximum atomic E-state index is 14.2. The van der Waals surface area contributed by atoms with Gasteiger partial charge >= 0.3 is 12.1 Å². The molecule has 1 N–H and O–H groups in total. The number of carboxylic acid groups (broad SMARTS) is 1. The fraction of sp³-hybridized carbons (Fsp3) is 0.556. The van der Waals surface area contributed by atoms with Crippen LogP contribution >= 0.6 is 0 Å². The predicted octanol–water partition coefficient (Wildman–Crippen LogP) is 6.03. The zero-order valence-corrected chi connectivity index (χ0v) is 20.0. The van der Waals surface area contributed by atoms with Crippen LogP contribution in [0, 0.1) is 11.7 Å². The smallest absolute Gasteiger partial charge is 0.416 e. The summed E-state index contributed by atoms with van der Waals surface area (Å²) < 4.78 is 60.2. The third-order valence-electron chi connectivity index (χ3n) is 7.43. The Kier molecular flexibility index (Phi) is 6.94. The van der Waals surface area contributed by atoms with Crippen LogP contribution in [0.15, 0.2) is 24.3 Å². The molecule has 2 aromatic rings. The topological polar surface area (TPSA) is 62.7 Å². The number of benzene rings is 1. The maximum absolute atomic E-state index is 14.2. The number of piperidine rings is 1. The third-order valence-corrected chi connectivity index (χ3v) is 7.43. The Morgan fingerprint density at radius 1 is 1.03 bits per heavy atom. The van der Waals surface area contributed by atoms with Gasteiger partial charge in [-0.1, -0.05) is 0 Å². The molecule has 0 unspecified atom stereocenters. The van der Waals surface area contributed by atoms with E-state index in [1.165, 1.54) is 24.3 Å². The van der Waals surface area contributed by atoms with Crippen LogP contribution in [0.2, 0.25) is 0 Å². The minimum Gasteiger partial charge on any atom is -0.493 e. The fourth-order valence-corrected chi connectivity index (χ4v) is 4.92. The van der Waals surface area contributed by atoms with Gasteiger partial charge in [-0.3, -0.25) is 4.98 Å². The summed E-state index contributed by atoms with van der Waals surface area (Å²) in [6.45, 7) is 2.70. The van der Waals surface area contributed by atoms with E-state index in [0.29, 0.717) is 36.7 Å². The number of aromatic carboxylic acids is 1. The van der Waals surface area contributed by atoms with Crippen molar-refractivity contribution in [3.8, 4) is 5.75 Å². The number of rotatable bonds is 9. The molecule has 1 aromatic carbocycles. The molecular formula is C27H30F4N2O3. The first-order valence-corrected chi connectivity index (χ1v) is 12.7. The minimum absolute atomic E-state index is 0.163. The Morgan fingerprint density at radius 3 is 2.33 bits per heavy atom. The van der Waals surface area contributed by atoms with Crippen molar-refractivity contribution in [2.75, 3.05) is 26.2 Å². The first-order valence-electron chi connectivity index (χ1n) is 12.7. The average molecular weight is 507 g/mol. The molecule has 194 valence electrons. The molecule has 2 saturated carbocycles. The van der Waals surface area contributed by atoms with E-state index < -0.39 is 23.5 Å². The number of hydrogen-bond acceptors (Lipinski definition) is 4. The molecule has 2 aliphatic carbocycles. The van der Waals surface area contributed by atoms with E-state index in [0.717, 1.165) is 57.2 Å². The van der Waals surface area contributed by atoms with Crippen molar-refractivity contribution in [2.45, 2.75) is 63.0 Å². The highest BCUT2D eigenvalue weighted by molar-refractivity contribution is 5.88. The largest absolute Gasteiger partial charge is 0.493 e. The van der Waals surface area contributed by atoms with Crippen molar-refractivity contribution in [3.05, 3.63) is 58.2 Å². The van der Waals surface area contributed by atoms with Crippen LogP contribution in [-0.2, 0) is 12.6 Å². The van der Waals surface area contributed by atoms with Crippen LogP contribution in [0.25, 0.3) is 0 Å². The van der Waals surface area contributed by atoms with Crippen LogP contribution < -0.4 is 4.74 Å². The van der Waals surface area contributed by atoms with Gasteiger partial charge < -0.3 is 14.7 Å². The second-order valence-corrected chi connectivity index (χ2v) is 10.3. The number of alkyl halides is 3. The summed E-state index contributed by atoms with van der Waals surface area (Å²) in [7, 11) is 0. The number of halogens is 4. The number of hydrogen-bond donors (Lipinski definition) is 1. The Morgan fingerprint density at radius 2 is 1.72 bits per heavy atom. The Labute approximate surface area is 207 Å². The molecule has 1 aromatic heterocycles. The first-order chi connectivity index (χ1) is 17.2. The number of carboxylic acids is 1. The zero-order chi connectivity index (χ0) is 25.4. The van der Waals surface area contributed by atoms with Gasteiger partial charge in [0.2, 0.25) is 0 Å². The SMILES string of the molecule is O=C(O)c1cc(C2CC2)c(OCC2CCN(CCc3cc(C(F)(F)F)cc(C4CC4)n3)CC2)cc1F. The maximum Gasteiger partial charge on any atom is 0.416 e. The van der Waals surface area contributed by atoms with Crippen LogP contribution in [0.5, 0.6) is 5.75 Å². The van der Waals surface area contributed by atoms with Gasteiger partial charge in [-0.05, 0) is 87.2 Å². The normalized spacial score (nSPS) is 19.4. The molecule has 0 atom stereocenters. The molecule has 3 aliphatic rings. The van der Waals surface area contributed by atoms with Gasteiger partial charge in [0.15, 0.2) is 0 Å². The van der Waals surface area contributed by atoms with E-state index in [2.05, 4.69) is 9.88 Å². The zero-order valence-electron chi connectivity index (χ0n) is 20.0. The number of carbonyl (C=O) groups is 1.